The van der Waals surface area contributed by atoms with Crippen LogP contribution in [0.3, 0.4) is 0 Å². The molecule has 1 atom stereocenters. The zero-order valence-corrected chi connectivity index (χ0v) is 11.5. The zero-order chi connectivity index (χ0) is 13.8. The van der Waals surface area contributed by atoms with E-state index in [-0.39, 0.29) is 11.7 Å². The average molecular weight is 264 g/mol. The molecule has 0 bridgehead atoms. The summed E-state index contributed by atoms with van der Waals surface area (Å²) in [6, 6.07) is 6.11. The summed E-state index contributed by atoms with van der Waals surface area (Å²) in [5, 5.41) is 3.47. The van der Waals surface area contributed by atoms with E-state index in [1.807, 2.05) is 4.90 Å². The summed E-state index contributed by atoms with van der Waals surface area (Å²) < 4.78 is 12.9. The topological polar surface area (TPSA) is 32.3 Å². The van der Waals surface area contributed by atoms with Gasteiger partial charge in [-0.15, -0.1) is 0 Å². The minimum Gasteiger partial charge on any atom is -0.337 e. The van der Waals surface area contributed by atoms with Crippen molar-refractivity contribution >= 4 is 5.91 Å². The molecule has 1 aliphatic rings. The second-order valence-electron chi connectivity index (χ2n) is 5.42. The smallest absolute Gasteiger partial charge is 0.253 e. The number of hydrogen-bond donors (Lipinski definition) is 1. The quantitative estimate of drug-likeness (QED) is 0.889. The normalized spacial score (nSPS) is 20.4. The van der Waals surface area contributed by atoms with E-state index in [2.05, 4.69) is 19.2 Å². The van der Waals surface area contributed by atoms with Crippen LogP contribution in [0.15, 0.2) is 24.3 Å². The first-order chi connectivity index (χ1) is 9.08. The third-order valence-corrected chi connectivity index (χ3v) is 3.61. The van der Waals surface area contributed by atoms with Crippen molar-refractivity contribution in [3.05, 3.63) is 35.6 Å². The second-order valence-corrected chi connectivity index (χ2v) is 5.42. The van der Waals surface area contributed by atoms with Gasteiger partial charge in [-0.1, -0.05) is 13.8 Å². The van der Waals surface area contributed by atoms with E-state index in [4.69, 9.17) is 0 Å². The molecule has 0 aromatic heterocycles. The predicted molar refractivity (Wildman–Crippen MR) is 73.5 cm³/mol. The van der Waals surface area contributed by atoms with Gasteiger partial charge in [0.2, 0.25) is 0 Å². The summed E-state index contributed by atoms with van der Waals surface area (Å²) >= 11 is 0. The number of halogens is 1. The van der Waals surface area contributed by atoms with Crippen molar-refractivity contribution in [2.75, 3.05) is 19.6 Å². The Morgan fingerprint density at radius 3 is 2.68 bits per heavy atom. The molecule has 1 aromatic rings. The number of hydrogen-bond acceptors (Lipinski definition) is 2. The highest BCUT2D eigenvalue weighted by Gasteiger charge is 2.24. The van der Waals surface area contributed by atoms with E-state index < -0.39 is 0 Å². The number of benzene rings is 1. The van der Waals surface area contributed by atoms with E-state index in [1.165, 1.54) is 12.1 Å². The van der Waals surface area contributed by atoms with Crippen LogP contribution in [-0.4, -0.2) is 36.5 Å². The maximum Gasteiger partial charge on any atom is 0.253 e. The van der Waals surface area contributed by atoms with E-state index in [0.29, 0.717) is 24.1 Å². The molecule has 19 heavy (non-hydrogen) atoms. The molecular formula is C15H21FN2O. The lowest BCUT2D eigenvalue weighted by Crippen LogP contribution is -2.43. The highest BCUT2D eigenvalue weighted by atomic mass is 19.1. The van der Waals surface area contributed by atoms with Crippen LogP contribution in [0.4, 0.5) is 4.39 Å². The molecule has 1 saturated heterocycles. The van der Waals surface area contributed by atoms with Crippen molar-refractivity contribution in [2.24, 2.45) is 5.92 Å². The number of amides is 1. The Morgan fingerprint density at radius 1 is 1.37 bits per heavy atom. The molecule has 1 aliphatic heterocycles. The van der Waals surface area contributed by atoms with E-state index in [1.54, 1.807) is 12.1 Å². The zero-order valence-electron chi connectivity index (χ0n) is 11.5. The third-order valence-electron chi connectivity index (χ3n) is 3.61. The van der Waals surface area contributed by atoms with Gasteiger partial charge >= 0.3 is 0 Å². The van der Waals surface area contributed by atoms with Gasteiger partial charge in [0, 0.05) is 24.7 Å². The maximum atomic E-state index is 12.9. The van der Waals surface area contributed by atoms with Crippen LogP contribution in [0.1, 0.15) is 30.6 Å². The minimum absolute atomic E-state index is 0.00523. The lowest BCUT2D eigenvalue weighted by molar-refractivity contribution is 0.0745. The first-order valence-corrected chi connectivity index (χ1v) is 6.86. The molecule has 1 aromatic carbocycles. The van der Waals surface area contributed by atoms with Crippen molar-refractivity contribution in [3.63, 3.8) is 0 Å². The lowest BCUT2D eigenvalue weighted by atomic mass is 10.0. The van der Waals surface area contributed by atoms with Crippen LogP contribution in [0.2, 0.25) is 0 Å². The first-order valence-electron chi connectivity index (χ1n) is 6.86. The van der Waals surface area contributed by atoms with Crippen molar-refractivity contribution in [3.8, 4) is 0 Å². The molecule has 1 unspecified atom stereocenters. The second kappa shape index (κ2) is 6.15. The summed E-state index contributed by atoms with van der Waals surface area (Å²) in [5.41, 5.74) is 0.561. The molecule has 0 radical (unpaired) electrons. The Labute approximate surface area is 113 Å². The Bertz CT molecular complexity index is 430. The van der Waals surface area contributed by atoms with Crippen molar-refractivity contribution in [1.29, 1.82) is 0 Å². The van der Waals surface area contributed by atoms with E-state index in [9.17, 15) is 9.18 Å². The molecule has 1 N–H and O–H groups in total. The van der Waals surface area contributed by atoms with Crippen molar-refractivity contribution in [1.82, 2.24) is 10.2 Å². The monoisotopic (exact) mass is 264 g/mol. The van der Waals surface area contributed by atoms with Crippen molar-refractivity contribution in [2.45, 2.75) is 26.3 Å². The Kier molecular flexibility index (Phi) is 4.53. The molecule has 0 saturated carbocycles. The van der Waals surface area contributed by atoms with Gasteiger partial charge in [0.1, 0.15) is 5.82 Å². The summed E-state index contributed by atoms with van der Waals surface area (Å²) in [5.74, 6) is 0.171. The number of carbonyl (C=O) groups excluding carboxylic acids is 1. The maximum absolute atomic E-state index is 12.9. The average Bonchev–Trinajstić information content (AvgIpc) is 2.64. The van der Waals surface area contributed by atoms with Gasteiger partial charge in [0.05, 0.1) is 0 Å². The Balaban J connectivity index is 2.10. The lowest BCUT2D eigenvalue weighted by Gasteiger charge is -2.27. The largest absolute Gasteiger partial charge is 0.337 e. The van der Waals surface area contributed by atoms with Crippen LogP contribution in [0.25, 0.3) is 0 Å². The molecule has 4 heteroatoms. The van der Waals surface area contributed by atoms with Crippen molar-refractivity contribution < 1.29 is 9.18 Å². The molecule has 0 spiro atoms. The fraction of sp³-hybridized carbons (Fsp3) is 0.533. The molecule has 104 valence electrons. The molecule has 2 rings (SSSR count). The van der Waals surface area contributed by atoms with Crippen LogP contribution in [-0.2, 0) is 0 Å². The molecular weight excluding hydrogens is 243 g/mol. The number of nitrogens with one attached hydrogen (secondary N) is 1. The van der Waals surface area contributed by atoms with E-state index in [0.717, 1.165) is 19.5 Å². The number of nitrogens with zero attached hydrogens (tertiary/aromatic N) is 1. The van der Waals surface area contributed by atoms with Gasteiger partial charge in [-0.3, -0.25) is 4.79 Å². The summed E-state index contributed by atoms with van der Waals surface area (Å²) in [4.78, 5) is 14.3. The fourth-order valence-electron chi connectivity index (χ4n) is 2.36. The molecule has 3 nitrogen and oxygen atoms in total. The minimum atomic E-state index is -0.311. The first kappa shape index (κ1) is 14.0. The number of rotatable bonds is 2. The SMILES string of the molecule is CC(C)C1CN(C(=O)c2ccc(F)cc2)CCCN1. The summed E-state index contributed by atoms with van der Waals surface area (Å²) in [6.07, 6.45) is 0.955. The third kappa shape index (κ3) is 3.53. The Hall–Kier alpha value is -1.42. The molecule has 1 amide bonds. The Morgan fingerprint density at radius 2 is 2.05 bits per heavy atom. The molecule has 0 aliphatic carbocycles. The standard InChI is InChI=1S/C15H21FN2O/c1-11(2)14-10-18(9-3-8-17-14)15(19)12-4-6-13(16)7-5-12/h4-7,11,14,17H,3,8-10H2,1-2H3. The van der Waals surface area contributed by atoms with Crippen LogP contribution in [0.5, 0.6) is 0 Å². The van der Waals surface area contributed by atoms with Gasteiger partial charge in [0.25, 0.3) is 5.91 Å². The fourth-order valence-corrected chi connectivity index (χ4v) is 2.36. The van der Waals surface area contributed by atoms with Gasteiger partial charge < -0.3 is 10.2 Å². The highest BCUT2D eigenvalue weighted by molar-refractivity contribution is 5.94. The predicted octanol–water partition coefficient (Wildman–Crippen LogP) is 2.29. The van der Waals surface area contributed by atoms with Gasteiger partial charge in [-0.05, 0) is 43.1 Å². The molecule has 1 heterocycles. The summed E-state index contributed by atoms with van der Waals surface area (Å²) in [7, 11) is 0. The van der Waals surface area contributed by atoms with E-state index >= 15 is 0 Å². The van der Waals surface area contributed by atoms with Crippen LogP contribution >= 0.6 is 0 Å². The summed E-state index contributed by atoms with van der Waals surface area (Å²) in [6.45, 7) is 6.73. The number of carbonyl (C=O) groups is 1. The molecule has 1 fully saturated rings. The highest BCUT2D eigenvalue weighted by Crippen LogP contribution is 2.13. The van der Waals surface area contributed by atoms with Gasteiger partial charge in [-0.25, -0.2) is 4.39 Å². The van der Waals surface area contributed by atoms with Gasteiger partial charge in [-0.2, -0.15) is 0 Å². The van der Waals surface area contributed by atoms with Crippen LogP contribution in [0, 0.1) is 11.7 Å². The van der Waals surface area contributed by atoms with Gasteiger partial charge in [0.15, 0.2) is 0 Å². The van der Waals surface area contributed by atoms with Crippen LogP contribution < -0.4 is 5.32 Å².